The third-order valence-corrected chi connectivity index (χ3v) is 4.47. The zero-order valence-corrected chi connectivity index (χ0v) is 16.2. The first-order chi connectivity index (χ1) is 12.0. The van der Waals surface area contributed by atoms with Gasteiger partial charge in [-0.15, -0.1) is 0 Å². The van der Waals surface area contributed by atoms with Gasteiger partial charge in [0.15, 0.2) is 0 Å². The van der Waals surface area contributed by atoms with Gasteiger partial charge in [0, 0.05) is 0 Å². The van der Waals surface area contributed by atoms with E-state index in [9.17, 15) is 4.79 Å². The lowest BCUT2D eigenvalue weighted by Crippen LogP contribution is -2.07. The minimum atomic E-state index is -0.367. The van der Waals surface area contributed by atoms with Crippen LogP contribution in [-0.4, -0.2) is 18.7 Å². The number of hydrogen-bond acceptors (Lipinski definition) is 5. The lowest BCUT2D eigenvalue weighted by molar-refractivity contribution is 0.224. The fourth-order valence-corrected chi connectivity index (χ4v) is 2.82. The molecule has 0 aliphatic rings. The van der Waals surface area contributed by atoms with E-state index >= 15 is 0 Å². The minimum absolute atomic E-state index is 0.257. The van der Waals surface area contributed by atoms with Gasteiger partial charge in [-0.2, -0.15) is 0 Å². The fourth-order valence-electron chi connectivity index (χ4n) is 2.64. The van der Waals surface area contributed by atoms with Crippen LogP contribution in [0.1, 0.15) is 29.2 Å². The van der Waals surface area contributed by atoms with E-state index in [2.05, 4.69) is 26.0 Å². The van der Waals surface area contributed by atoms with Crippen molar-refractivity contribution in [1.82, 2.24) is 0 Å². The normalized spacial score (nSPS) is 10.4. The van der Waals surface area contributed by atoms with Crippen molar-refractivity contribution in [3.63, 3.8) is 0 Å². The van der Waals surface area contributed by atoms with Crippen LogP contribution in [0.15, 0.2) is 30.3 Å². The van der Waals surface area contributed by atoms with E-state index < -0.39 is 0 Å². The number of ether oxygens (including phenoxy) is 3. The van der Waals surface area contributed by atoms with Crippen molar-refractivity contribution in [1.29, 1.82) is 0 Å². The molecule has 5 heteroatoms. The molecule has 2 rings (SSSR count). The number of methoxy groups -OCH3 is 1. The second-order valence-corrected chi connectivity index (χ2v) is 6.42. The molecule has 0 aliphatic heterocycles. The van der Waals surface area contributed by atoms with Crippen molar-refractivity contribution < 1.29 is 19.0 Å². The third kappa shape index (κ3) is 4.69. The number of rotatable bonds is 6. The van der Waals surface area contributed by atoms with Gasteiger partial charge in [0.05, 0.1) is 12.7 Å². The summed E-state index contributed by atoms with van der Waals surface area (Å²) in [7, 11) is 1.59. The highest BCUT2D eigenvalue weighted by Crippen LogP contribution is 2.32. The summed E-state index contributed by atoms with van der Waals surface area (Å²) in [5.41, 5.74) is 4.32. The van der Waals surface area contributed by atoms with Crippen molar-refractivity contribution >= 4 is 17.1 Å². The molecule has 0 aromatic heterocycles. The molecule has 0 heterocycles. The van der Waals surface area contributed by atoms with E-state index in [-0.39, 0.29) is 11.9 Å². The maximum absolute atomic E-state index is 11.6. The van der Waals surface area contributed by atoms with Crippen LogP contribution in [0.5, 0.6) is 17.2 Å². The molecule has 0 bridgehead atoms. The summed E-state index contributed by atoms with van der Waals surface area (Å²) in [6.07, 6.45) is 2.67. The Morgan fingerprint density at radius 3 is 2.44 bits per heavy atom. The number of carbonyl (C=O) groups is 1. The van der Waals surface area contributed by atoms with Gasteiger partial charge in [0.2, 0.25) is 0 Å². The summed E-state index contributed by atoms with van der Waals surface area (Å²) in [5, 5.41) is -0.367. The Morgan fingerprint density at radius 2 is 1.80 bits per heavy atom. The van der Waals surface area contributed by atoms with Crippen LogP contribution in [0.2, 0.25) is 0 Å². The standard InChI is InChI=1S/C20H24O4S/c1-6-15-10-14(3)19(11-13(15)2)23-12-16-17(22-4)8-7-9-18(16)24-20(21)25-5/h7-11H,6,12H2,1-5H3. The average Bonchev–Trinajstić information content (AvgIpc) is 2.62. The van der Waals surface area contributed by atoms with Crippen LogP contribution in [0.3, 0.4) is 0 Å². The molecule has 0 spiro atoms. The molecule has 4 nitrogen and oxygen atoms in total. The summed E-state index contributed by atoms with van der Waals surface area (Å²) in [6.45, 7) is 6.51. The quantitative estimate of drug-likeness (QED) is 0.653. The molecule has 2 aromatic rings. The summed E-state index contributed by atoms with van der Waals surface area (Å²) in [5.74, 6) is 1.91. The Balaban J connectivity index is 2.28. The van der Waals surface area contributed by atoms with Gasteiger partial charge in [0.1, 0.15) is 23.9 Å². The summed E-state index contributed by atoms with van der Waals surface area (Å²) >= 11 is 1.02. The molecule has 0 amide bonds. The van der Waals surface area contributed by atoms with Crippen molar-refractivity contribution in [3.05, 3.63) is 52.6 Å². The van der Waals surface area contributed by atoms with E-state index in [1.807, 2.05) is 13.0 Å². The van der Waals surface area contributed by atoms with E-state index in [1.54, 1.807) is 25.5 Å². The molecule has 0 atom stereocenters. The second kappa shape index (κ2) is 8.81. The Morgan fingerprint density at radius 1 is 1.08 bits per heavy atom. The van der Waals surface area contributed by atoms with Gasteiger partial charge in [-0.3, -0.25) is 0 Å². The highest BCUT2D eigenvalue weighted by molar-refractivity contribution is 8.12. The van der Waals surface area contributed by atoms with Crippen LogP contribution in [0.25, 0.3) is 0 Å². The third-order valence-electron chi connectivity index (χ3n) is 4.06. The van der Waals surface area contributed by atoms with Gasteiger partial charge < -0.3 is 14.2 Å². The topological polar surface area (TPSA) is 44.8 Å². The Hall–Kier alpha value is -2.14. The largest absolute Gasteiger partial charge is 0.496 e. The lowest BCUT2D eigenvalue weighted by atomic mass is 10.0. The smallest absolute Gasteiger partial charge is 0.372 e. The minimum Gasteiger partial charge on any atom is -0.496 e. The van der Waals surface area contributed by atoms with E-state index in [0.717, 1.165) is 29.5 Å². The molecule has 134 valence electrons. The highest BCUT2D eigenvalue weighted by atomic mass is 32.2. The van der Waals surface area contributed by atoms with Crippen LogP contribution in [0, 0.1) is 13.8 Å². The average molecular weight is 360 g/mol. The number of thioether (sulfide) groups is 1. The predicted molar refractivity (Wildman–Crippen MR) is 102 cm³/mol. The molecule has 0 radical (unpaired) electrons. The Kier molecular flexibility index (Phi) is 6.76. The second-order valence-electron chi connectivity index (χ2n) is 5.68. The van der Waals surface area contributed by atoms with Gasteiger partial charge >= 0.3 is 5.30 Å². The van der Waals surface area contributed by atoms with Gasteiger partial charge in [-0.05, 0) is 73.2 Å². The zero-order valence-electron chi connectivity index (χ0n) is 15.3. The van der Waals surface area contributed by atoms with Gasteiger partial charge in [-0.1, -0.05) is 19.1 Å². The van der Waals surface area contributed by atoms with Crippen molar-refractivity contribution in [2.24, 2.45) is 0 Å². The lowest BCUT2D eigenvalue weighted by Gasteiger charge is -2.16. The number of benzene rings is 2. The molecule has 0 saturated carbocycles. The number of aryl methyl sites for hydroxylation is 3. The highest BCUT2D eigenvalue weighted by Gasteiger charge is 2.15. The monoisotopic (exact) mass is 360 g/mol. The maximum atomic E-state index is 11.6. The molecule has 2 aromatic carbocycles. The molecule has 0 saturated heterocycles. The van der Waals surface area contributed by atoms with Crippen LogP contribution in [0.4, 0.5) is 4.79 Å². The zero-order chi connectivity index (χ0) is 18.4. The first kappa shape index (κ1) is 19.2. The first-order valence-electron chi connectivity index (χ1n) is 8.14. The van der Waals surface area contributed by atoms with E-state index in [0.29, 0.717) is 17.1 Å². The summed E-state index contributed by atoms with van der Waals surface area (Å²) < 4.78 is 16.8. The van der Waals surface area contributed by atoms with E-state index in [1.165, 1.54) is 11.1 Å². The van der Waals surface area contributed by atoms with E-state index in [4.69, 9.17) is 14.2 Å². The number of hydrogen-bond donors (Lipinski definition) is 0. The van der Waals surface area contributed by atoms with Crippen LogP contribution >= 0.6 is 11.8 Å². The van der Waals surface area contributed by atoms with Gasteiger partial charge in [-0.25, -0.2) is 4.79 Å². The fraction of sp³-hybridized carbons (Fsp3) is 0.350. The molecular formula is C20H24O4S. The predicted octanol–water partition coefficient (Wildman–Crippen LogP) is 5.32. The number of carbonyl (C=O) groups excluding carboxylic acids is 1. The first-order valence-corrected chi connectivity index (χ1v) is 9.37. The van der Waals surface area contributed by atoms with Crippen molar-refractivity contribution in [3.8, 4) is 17.2 Å². The SMILES string of the molecule is CCc1cc(C)c(OCc2c(OC)cccc2OC(=O)SC)cc1C. The molecular weight excluding hydrogens is 336 g/mol. The maximum Gasteiger partial charge on any atom is 0.372 e. The Bertz CT molecular complexity index is 756. The molecule has 0 aliphatic carbocycles. The summed E-state index contributed by atoms with van der Waals surface area (Å²) in [4.78, 5) is 11.6. The van der Waals surface area contributed by atoms with Crippen molar-refractivity contribution in [2.45, 2.75) is 33.8 Å². The Labute approximate surface area is 153 Å². The molecule has 25 heavy (non-hydrogen) atoms. The van der Waals surface area contributed by atoms with Crippen LogP contribution < -0.4 is 14.2 Å². The van der Waals surface area contributed by atoms with Gasteiger partial charge in [0.25, 0.3) is 0 Å². The summed E-state index contributed by atoms with van der Waals surface area (Å²) in [6, 6.07) is 9.57. The molecule has 0 N–H and O–H groups in total. The molecule has 0 unspecified atom stereocenters. The van der Waals surface area contributed by atoms with Crippen LogP contribution in [-0.2, 0) is 13.0 Å². The molecule has 0 fully saturated rings. The van der Waals surface area contributed by atoms with Crippen molar-refractivity contribution in [2.75, 3.05) is 13.4 Å².